The molecule has 1 saturated carbocycles. The number of aryl methyl sites for hydroxylation is 1. The first-order valence-corrected chi connectivity index (χ1v) is 8.44. The van der Waals surface area contributed by atoms with Crippen LogP contribution in [0.4, 0.5) is 14.5 Å². The van der Waals surface area contributed by atoms with Crippen molar-refractivity contribution in [1.82, 2.24) is 4.57 Å². The average Bonchev–Trinajstić information content (AvgIpc) is 3.36. The molecule has 1 aliphatic rings. The molecule has 0 radical (unpaired) electrons. The standard InChI is InChI=1S/C19H20F2N2O3/c1-10-9-14(11(2)23(10)13-7-8-13)19(25)26-12(3)18(24)22-17-15(20)5-4-6-16(17)21/h4-6,9,12-13H,7-8H2,1-3H3,(H,22,24). The molecule has 1 aliphatic carbocycles. The molecule has 1 amide bonds. The predicted octanol–water partition coefficient (Wildman–Crippen LogP) is 3.90. The highest BCUT2D eigenvalue weighted by Gasteiger charge is 2.30. The van der Waals surface area contributed by atoms with Gasteiger partial charge in [0.05, 0.1) is 5.56 Å². The van der Waals surface area contributed by atoms with Crippen molar-refractivity contribution in [1.29, 1.82) is 0 Å². The van der Waals surface area contributed by atoms with Crippen molar-refractivity contribution < 1.29 is 23.1 Å². The van der Waals surface area contributed by atoms with Crippen molar-refractivity contribution in [3.05, 3.63) is 52.9 Å². The van der Waals surface area contributed by atoms with E-state index in [0.717, 1.165) is 36.4 Å². The van der Waals surface area contributed by atoms with E-state index in [1.54, 1.807) is 6.07 Å². The first-order valence-electron chi connectivity index (χ1n) is 8.44. The molecule has 0 bridgehead atoms. The SMILES string of the molecule is Cc1cc(C(=O)OC(C)C(=O)Nc2c(F)cccc2F)c(C)n1C1CC1. The maximum absolute atomic E-state index is 13.6. The second kappa shape index (κ2) is 6.90. The van der Waals surface area contributed by atoms with Crippen LogP contribution in [0, 0.1) is 25.5 Å². The minimum atomic E-state index is -1.20. The van der Waals surface area contributed by atoms with Gasteiger partial charge in [-0.25, -0.2) is 13.6 Å². The second-order valence-corrected chi connectivity index (χ2v) is 6.52. The van der Waals surface area contributed by atoms with Gasteiger partial charge in [0.1, 0.15) is 17.3 Å². The highest BCUT2D eigenvalue weighted by atomic mass is 19.1. The quantitative estimate of drug-likeness (QED) is 0.821. The summed E-state index contributed by atoms with van der Waals surface area (Å²) in [5, 5.41) is 2.12. The normalized spacial score (nSPS) is 14.8. The lowest BCUT2D eigenvalue weighted by molar-refractivity contribution is -0.123. The number of nitrogens with zero attached hydrogens (tertiary/aromatic N) is 1. The van der Waals surface area contributed by atoms with Crippen LogP contribution in [0.5, 0.6) is 0 Å². The van der Waals surface area contributed by atoms with Crippen LogP contribution < -0.4 is 5.32 Å². The lowest BCUT2D eigenvalue weighted by Crippen LogP contribution is -2.30. The topological polar surface area (TPSA) is 60.3 Å². The molecular formula is C19H20F2N2O3. The maximum Gasteiger partial charge on any atom is 0.340 e. The van der Waals surface area contributed by atoms with Crippen LogP contribution in [-0.4, -0.2) is 22.5 Å². The van der Waals surface area contributed by atoms with Gasteiger partial charge < -0.3 is 14.6 Å². The summed E-state index contributed by atoms with van der Waals surface area (Å²) in [4.78, 5) is 24.5. The zero-order chi connectivity index (χ0) is 19.0. The summed E-state index contributed by atoms with van der Waals surface area (Å²) in [6.07, 6.45) is 0.959. The largest absolute Gasteiger partial charge is 0.449 e. The monoisotopic (exact) mass is 362 g/mol. The number of rotatable bonds is 5. The summed E-state index contributed by atoms with van der Waals surface area (Å²) in [7, 11) is 0. The molecule has 26 heavy (non-hydrogen) atoms. The van der Waals surface area contributed by atoms with E-state index < -0.39 is 35.3 Å². The number of anilines is 1. The summed E-state index contributed by atoms with van der Waals surface area (Å²) >= 11 is 0. The predicted molar refractivity (Wildman–Crippen MR) is 92.0 cm³/mol. The Balaban J connectivity index is 1.69. The second-order valence-electron chi connectivity index (χ2n) is 6.52. The molecule has 1 unspecified atom stereocenters. The number of para-hydroxylation sites is 1. The number of benzene rings is 1. The summed E-state index contributed by atoms with van der Waals surface area (Å²) < 4.78 is 34.5. The number of hydrogen-bond donors (Lipinski definition) is 1. The minimum absolute atomic E-state index is 0.395. The molecular weight excluding hydrogens is 342 g/mol. The fourth-order valence-electron chi connectivity index (χ4n) is 3.00. The molecule has 3 rings (SSSR count). The number of aromatic nitrogens is 1. The number of esters is 1. The Kier molecular flexibility index (Phi) is 4.80. The van der Waals surface area contributed by atoms with Crippen molar-refractivity contribution in [3.8, 4) is 0 Å². The van der Waals surface area contributed by atoms with E-state index in [4.69, 9.17) is 4.74 Å². The average molecular weight is 362 g/mol. The Morgan fingerprint density at radius 2 is 1.85 bits per heavy atom. The molecule has 1 fully saturated rings. The Morgan fingerprint density at radius 1 is 1.23 bits per heavy atom. The maximum atomic E-state index is 13.6. The Bertz CT molecular complexity index is 852. The zero-order valence-corrected chi connectivity index (χ0v) is 14.8. The molecule has 1 N–H and O–H groups in total. The lowest BCUT2D eigenvalue weighted by Gasteiger charge is -2.14. The summed E-state index contributed by atoms with van der Waals surface area (Å²) in [6.45, 7) is 5.10. The molecule has 0 saturated heterocycles. The van der Waals surface area contributed by atoms with Gasteiger partial charge in [-0.2, -0.15) is 0 Å². The number of amides is 1. The third kappa shape index (κ3) is 3.47. The lowest BCUT2D eigenvalue weighted by atomic mass is 10.2. The number of carbonyl (C=O) groups excluding carboxylic acids is 2. The van der Waals surface area contributed by atoms with E-state index in [-0.39, 0.29) is 0 Å². The van der Waals surface area contributed by atoms with Gasteiger partial charge in [-0.05, 0) is 51.8 Å². The van der Waals surface area contributed by atoms with E-state index in [9.17, 15) is 18.4 Å². The van der Waals surface area contributed by atoms with Crippen molar-refractivity contribution in [2.24, 2.45) is 0 Å². The van der Waals surface area contributed by atoms with Crippen LogP contribution in [0.25, 0.3) is 0 Å². The van der Waals surface area contributed by atoms with Gasteiger partial charge in [-0.1, -0.05) is 6.07 Å². The van der Waals surface area contributed by atoms with Gasteiger partial charge in [0.15, 0.2) is 6.10 Å². The van der Waals surface area contributed by atoms with Gasteiger partial charge in [0.2, 0.25) is 0 Å². The molecule has 1 heterocycles. The van der Waals surface area contributed by atoms with Crippen LogP contribution in [-0.2, 0) is 9.53 Å². The number of nitrogens with one attached hydrogen (secondary N) is 1. The van der Waals surface area contributed by atoms with Gasteiger partial charge in [0.25, 0.3) is 5.91 Å². The number of carbonyl (C=O) groups is 2. The van der Waals surface area contributed by atoms with Gasteiger partial charge in [-0.3, -0.25) is 4.79 Å². The fourth-order valence-corrected chi connectivity index (χ4v) is 3.00. The van der Waals surface area contributed by atoms with Gasteiger partial charge in [-0.15, -0.1) is 0 Å². The smallest absolute Gasteiger partial charge is 0.340 e. The van der Waals surface area contributed by atoms with Gasteiger partial charge in [0, 0.05) is 17.4 Å². The van der Waals surface area contributed by atoms with Crippen molar-refractivity contribution in [2.75, 3.05) is 5.32 Å². The van der Waals surface area contributed by atoms with E-state index >= 15 is 0 Å². The molecule has 1 aromatic carbocycles. The molecule has 0 aliphatic heterocycles. The Hall–Kier alpha value is -2.70. The van der Waals surface area contributed by atoms with Crippen molar-refractivity contribution >= 4 is 17.6 Å². The highest BCUT2D eigenvalue weighted by molar-refractivity contribution is 5.98. The zero-order valence-electron chi connectivity index (χ0n) is 14.8. The molecule has 0 spiro atoms. The van der Waals surface area contributed by atoms with E-state index in [1.165, 1.54) is 13.0 Å². The third-order valence-electron chi connectivity index (χ3n) is 4.48. The van der Waals surface area contributed by atoms with Crippen LogP contribution in [0.15, 0.2) is 24.3 Å². The minimum Gasteiger partial charge on any atom is -0.449 e. The van der Waals surface area contributed by atoms with Crippen LogP contribution >= 0.6 is 0 Å². The van der Waals surface area contributed by atoms with Crippen LogP contribution in [0.3, 0.4) is 0 Å². The summed E-state index contributed by atoms with van der Waals surface area (Å²) in [6, 6.07) is 5.40. The molecule has 5 nitrogen and oxygen atoms in total. The fraction of sp³-hybridized carbons (Fsp3) is 0.368. The third-order valence-corrected chi connectivity index (χ3v) is 4.48. The molecule has 2 aromatic rings. The number of hydrogen-bond acceptors (Lipinski definition) is 3. The van der Waals surface area contributed by atoms with E-state index in [0.29, 0.717) is 11.6 Å². The molecule has 7 heteroatoms. The van der Waals surface area contributed by atoms with Crippen molar-refractivity contribution in [2.45, 2.75) is 45.8 Å². The Morgan fingerprint density at radius 3 is 2.42 bits per heavy atom. The highest BCUT2D eigenvalue weighted by Crippen LogP contribution is 2.38. The van der Waals surface area contributed by atoms with Crippen LogP contribution in [0.2, 0.25) is 0 Å². The first kappa shape index (κ1) is 18.1. The molecule has 138 valence electrons. The number of ether oxygens (including phenoxy) is 1. The number of halogens is 2. The summed E-state index contributed by atoms with van der Waals surface area (Å²) in [5.74, 6) is -3.24. The van der Waals surface area contributed by atoms with Crippen LogP contribution in [0.1, 0.15) is 47.6 Å². The first-order chi connectivity index (χ1) is 12.3. The summed E-state index contributed by atoms with van der Waals surface area (Å²) in [5.41, 5.74) is 1.59. The van der Waals surface area contributed by atoms with E-state index in [2.05, 4.69) is 9.88 Å². The van der Waals surface area contributed by atoms with Gasteiger partial charge >= 0.3 is 5.97 Å². The van der Waals surface area contributed by atoms with Crippen molar-refractivity contribution in [3.63, 3.8) is 0 Å². The molecule has 1 aromatic heterocycles. The molecule has 1 atom stereocenters. The Labute approximate surface area is 150 Å². The van der Waals surface area contributed by atoms with E-state index in [1.807, 2.05) is 13.8 Å².